The third-order valence-corrected chi connectivity index (χ3v) is 5.70. The number of carboxylic acid groups (broad SMARTS) is 1. The van der Waals surface area contributed by atoms with E-state index in [2.05, 4.69) is 10.3 Å². The number of halogens is 2. The van der Waals surface area contributed by atoms with Gasteiger partial charge in [-0.2, -0.15) is 5.10 Å². The predicted octanol–water partition coefficient (Wildman–Crippen LogP) is 4.67. The van der Waals surface area contributed by atoms with Crippen molar-refractivity contribution in [3.8, 4) is 0 Å². The fourth-order valence-corrected chi connectivity index (χ4v) is 3.82. The number of carbonyl (C=O) groups is 2. The highest BCUT2D eigenvalue weighted by Crippen LogP contribution is 2.29. The summed E-state index contributed by atoms with van der Waals surface area (Å²) in [6.45, 7) is -0.157. The molecule has 1 unspecified atom stereocenters. The van der Waals surface area contributed by atoms with Gasteiger partial charge < -0.3 is 5.11 Å². The predicted molar refractivity (Wildman–Crippen MR) is 133 cm³/mol. The molecule has 0 saturated carbocycles. The lowest BCUT2D eigenvalue weighted by Crippen LogP contribution is -2.41. The van der Waals surface area contributed by atoms with Crippen LogP contribution in [0, 0.1) is 0 Å². The minimum Gasteiger partial charge on any atom is -0.480 e. The molecule has 1 aliphatic rings. The van der Waals surface area contributed by atoms with Gasteiger partial charge in [0.2, 0.25) is 5.96 Å². The highest BCUT2D eigenvalue weighted by molar-refractivity contribution is 6.31. The van der Waals surface area contributed by atoms with E-state index in [-0.39, 0.29) is 11.9 Å². The SMILES string of the molecule is O=C(O)CN=C(NC(=O)c1ccc(Cl)cc1)N1CC(c2ccccc2)C(c2ccc(Cl)cc2)=N1. The van der Waals surface area contributed by atoms with Crippen LogP contribution >= 0.6 is 23.2 Å². The van der Waals surface area contributed by atoms with Gasteiger partial charge in [0.25, 0.3) is 5.91 Å². The Morgan fingerprint density at radius 1 is 0.971 bits per heavy atom. The molecule has 0 fully saturated rings. The molecular formula is C25H20Cl2N4O3. The fraction of sp³-hybridized carbons (Fsp3) is 0.120. The van der Waals surface area contributed by atoms with Crippen LogP contribution in [0.4, 0.5) is 0 Å². The molecule has 0 radical (unpaired) electrons. The number of carboxylic acids is 1. The molecule has 34 heavy (non-hydrogen) atoms. The number of rotatable bonds is 5. The topological polar surface area (TPSA) is 94.4 Å². The fourth-order valence-electron chi connectivity index (χ4n) is 3.57. The molecule has 3 aromatic carbocycles. The lowest BCUT2D eigenvalue weighted by molar-refractivity contribution is -0.135. The number of nitrogens with one attached hydrogen (secondary N) is 1. The van der Waals surface area contributed by atoms with Crippen molar-refractivity contribution in [3.63, 3.8) is 0 Å². The van der Waals surface area contributed by atoms with Crippen LogP contribution in [0.25, 0.3) is 0 Å². The Balaban J connectivity index is 1.69. The minimum absolute atomic E-state index is 0.0484. The first-order chi connectivity index (χ1) is 16.4. The van der Waals surface area contributed by atoms with Gasteiger partial charge in [0.1, 0.15) is 6.54 Å². The highest BCUT2D eigenvalue weighted by Gasteiger charge is 2.32. The van der Waals surface area contributed by atoms with Crippen molar-refractivity contribution in [3.05, 3.63) is 106 Å². The number of nitrogens with zero attached hydrogens (tertiary/aromatic N) is 3. The molecule has 0 saturated heterocycles. The molecule has 1 atom stereocenters. The maximum Gasteiger partial charge on any atom is 0.325 e. The lowest BCUT2D eigenvalue weighted by Gasteiger charge is -2.19. The van der Waals surface area contributed by atoms with Crippen LogP contribution < -0.4 is 5.32 Å². The largest absolute Gasteiger partial charge is 0.480 e. The number of hydrogen-bond donors (Lipinski definition) is 2. The lowest BCUT2D eigenvalue weighted by atomic mass is 9.91. The van der Waals surface area contributed by atoms with E-state index in [1.54, 1.807) is 36.4 Å². The zero-order valence-corrected chi connectivity index (χ0v) is 19.4. The molecule has 0 bridgehead atoms. The van der Waals surface area contributed by atoms with Gasteiger partial charge in [0.15, 0.2) is 0 Å². The Morgan fingerprint density at radius 3 is 2.21 bits per heavy atom. The van der Waals surface area contributed by atoms with Crippen molar-refractivity contribution < 1.29 is 14.7 Å². The second-order valence-electron chi connectivity index (χ2n) is 7.53. The monoisotopic (exact) mass is 494 g/mol. The first-order valence-corrected chi connectivity index (χ1v) is 11.2. The third-order valence-electron chi connectivity index (χ3n) is 5.20. The molecule has 1 aliphatic heterocycles. The first-order valence-electron chi connectivity index (χ1n) is 10.4. The second kappa shape index (κ2) is 10.5. The number of aliphatic imine (C=N–C) groups is 1. The molecule has 1 amide bonds. The molecule has 0 aromatic heterocycles. The smallest absolute Gasteiger partial charge is 0.325 e. The van der Waals surface area contributed by atoms with Crippen molar-refractivity contribution in [2.45, 2.75) is 5.92 Å². The Bertz CT molecular complexity index is 1240. The van der Waals surface area contributed by atoms with Crippen LogP contribution in [0.1, 0.15) is 27.4 Å². The van der Waals surface area contributed by atoms with Gasteiger partial charge in [-0.3, -0.25) is 14.9 Å². The van der Waals surface area contributed by atoms with E-state index in [4.69, 9.17) is 28.3 Å². The average Bonchev–Trinajstić information content (AvgIpc) is 3.28. The normalized spacial score (nSPS) is 15.7. The molecule has 7 nitrogen and oxygen atoms in total. The van der Waals surface area contributed by atoms with Crippen molar-refractivity contribution >= 4 is 46.7 Å². The number of hydrazone groups is 1. The Kier molecular flexibility index (Phi) is 7.25. The molecule has 3 aromatic rings. The zero-order chi connectivity index (χ0) is 24.1. The molecule has 0 spiro atoms. The Hall–Kier alpha value is -3.68. The van der Waals surface area contributed by atoms with Crippen LogP contribution in [0.5, 0.6) is 0 Å². The van der Waals surface area contributed by atoms with E-state index in [1.165, 1.54) is 5.01 Å². The van der Waals surface area contributed by atoms with Gasteiger partial charge in [0, 0.05) is 21.5 Å². The molecule has 1 heterocycles. The van der Waals surface area contributed by atoms with Crippen molar-refractivity contribution in [2.75, 3.05) is 13.1 Å². The van der Waals surface area contributed by atoms with Crippen LogP contribution in [-0.2, 0) is 4.79 Å². The standard InChI is InChI=1S/C25H20Cl2N4O3/c26-19-10-6-17(7-11-19)23-21(16-4-2-1-3-5-16)15-31(30-23)25(28-14-22(32)33)29-24(34)18-8-12-20(27)13-9-18/h1-13,21H,14-15H2,(H,32,33)(H,28,29,34). The van der Waals surface area contributed by atoms with E-state index < -0.39 is 18.4 Å². The second-order valence-corrected chi connectivity index (χ2v) is 8.40. The van der Waals surface area contributed by atoms with E-state index in [0.717, 1.165) is 16.8 Å². The molecule has 4 rings (SSSR count). The average molecular weight is 495 g/mol. The van der Waals surface area contributed by atoms with E-state index in [9.17, 15) is 14.7 Å². The zero-order valence-electron chi connectivity index (χ0n) is 17.9. The summed E-state index contributed by atoms with van der Waals surface area (Å²) in [5.41, 5.74) is 3.00. The Labute approximate surface area is 206 Å². The molecule has 172 valence electrons. The summed E-state index contributed by atoms with van der Waals surface area (Å²) in [7, 11) is 0. The number of guanidine groups is 1. The van der Waals surface area contributed by atoms with Gasteiger partial charge in [0.05, 0.1) is 12.3 Å². The van der Waals surface area contributed by atoms with Crippen LogP contribution in [0.3, 0.4) is 0 Å². The summed E-state index contributed by atoms with van der Waals surface area (Å²) in [5.74, 6) is -1.66. The number of aliphatic carboxylic acids is 1. The first kappa shape index (κ1) is 23.5. The summed E-state index contributed by atoms with van der Waals surface area (Å²) in [6, 6.07) is 23.5. The van der Waals surface area contributed by atoms with Crippen molar-refractivity contribution in [1.29, 1.82) is 0 Å². The van der Waals surface area contributed by atoms with Crippen LogP contribution in [0.15, 0.2) is 89.0 Å². The third kappa shape index (κ3) is 5.62. The summed E-state index contributed by atoms with van der Waals surface area (Å²) in [4.78, 5) is 28.2. The summed E-state index contributed by atoms with van der Waals surface area (Å²) in [6.07, 6.45) is 0. The molecular weight excluding hydrogens is 475 g/mol. The highest BCUT2D eigenvalue weighted by atomic mass is 35.5. The Morgan fingerprint density at radius 2 is 1.59 bits per heavy atom. The molecule has 9 heteroatoms. The van der Waals surface area contributed by atoms with Crippen molar-refractivity contribution in [2.24, 2.45) is 10.1 Å². The summed E-state index contributed by atoms with van der Waals surface area (Å²) >= 11 is 12.0. The van der Waals surface area contributed by atoms with Crippen molar-refractivity contribution in [1.82, 2.24) is 10.3 Å². The molecule has 2 N–H and O–H groups in total. The quantitative estimate of drug-likeness (QED) is 0.398. The minimum atomic E-state index is -1.13. The summed E-state index contributed by atoms with van der Waals surface area (Å²) < 4.78 is 0. The van der Waals surface area contributed by atoms with Gasteiger partial charge in [-0.05, 0) is 47.5 Å². The van der Waals surface area contributed by atoms with Gasteiger partial charge in [-0.1, -0.05) is 65.7 Å². The van der Waals surface area contributed by atoms with Crippen LogP contribution in [0.2, 0.25) is 10.0 Å². The van der Waals surface area contributed by atoms with Gasteiger partial charge >= 0.3 is 5.97 Å². The van der Waals surface area contributed by atoms with E-state index in [1.807, 2.05) is 42.5 Å². The number of benzene rings is 3. The number of amides is 1. The van der Waals surface area contributed by atoms with E-state index in [0.29, 0.717) is 22.2 Å². The van der Waals surface area contributed by atoms with Gasteiger partial charge in [-0.15, -0.1) is 0 Å². The molecule has 0 aliphatic carbocycles. The number of carbonyl (C=O) groups excluding carboxylic acids is 1. The van der Waals surface area contributed by atoms with Crippen LogP contribution in [-0.4, -0.2) is 46.8 Å². The van der Waals surface area contributed by atoms with E-state index >= 15 is 0 Å². The maximum atomic E-state index is 12.8. The van der Waals surface area contributed by atoms with Gasteiger partial charge in [-0.25, -0.2) is 10.0 Å². The maximum absolute atomic E-state index is 12.8. The summed E-state index contributed by atoms with van der Waals surface area (Å²) in [5, 5.41) is 19.2. The number of hydrogen-bond acceptors (Lipinski definition) is 4.